The normalized spacial score (nSPS) is 10.9. The van der Waals surface area contributed by atoms with Gasteiger partial charge < -0.3 is 14.6 Å². The molecule has 1 amide bonds. The van der Waals surface area contributed by atoms with E-state index in [0.29, 0.717) is 38.1 Å². The summed E-state index contributed by atoms with van der Waals surface area (Å²) in [6, 6.07) is 6.97. The molecule has 3 rings (SSSR count). The number of amides is 1. The Morgan fingerprint density at radius 2 is 1.97 bits per heavy atom. The van der Waals surface area contributed by atoms with E-state index in [2.05, 4.69) is 15.5 Å². The Kier molecular flexibility index (Phi) is 7.99. The third kappa shape index (κ3) is 5.60. The lowest BCUT2D eigenvalue weighted by molar-refractivity contribution is -0.113. The van der Waals surface area contributed by atoms with E-state index in [-0.39, 0.29) is 18.3 Å². The fraction of sp³-hybridized carbons (Fsp3) is 0.300. The van der Waals surface area contributed by atoms with Crippen LogP contribution >= 0.6 is 46.3 Å². The Balaban J connectivity index is 1.71. The number of anilines is 1. The molecule has 0 unspecified atom stereocenters. The molecule has 0 fully saturated rings. The first-order valence-electron chi connectivity index (χ1n) is 9.42. The van der Waals surface area contributed by atoms with Crippen LogP contribution in [0.2, 0.25) is 10.0 Å². The van der Waals surface area contributed by atoms with E-state index in [1.165, 1.54) is 23.1 Å². The first-order valence-corrected chi connectivity index (χ1v) is 12.0. The summed E-state index contributed by atoms with van der Waals surface area (Å²) in [4.78, 5) is 25.5. The molecule has 0 bridgehead atoms. The number of nitrogens with one attached hydrogen (secondary N) is 1. The fourth-order valence-corrected chi connectivity index (χ4v) is 4.81. The highest BCUT2D eigenvalue weighted by atomic mass is 35.5. The molecule has 0 aliphatic heterocycles. The Labute approximate surface area is 198 Å². The van der Waals surface area contributed by atoms with Crippen molar-refractivity contribution < 1.29 is 14.3 Å². The Morgan fingerprint density at radius 3 is 2.65 bits per heavy atom. The number of benzene rings is 1. The second-order valence-corrected chi connectivity index (χ2v) is 9.35. The molecule has 0 aliphatic carbocycles. The maximum Gasteiger partial charge on any atom is 0.341 e. The summed E-state index contributed by atoms with van der Waals surface area (Å²) in [5.41, 5.74) is 1.15. The first-order chi connectivity index (χ1) is 14.8. The summed E-state index contributed by atoms with van der Waals surface area (Å²) in [6.07, 6.45) is 0. The van der Waals surface area contributed by atoms with Crippen molar-refractivity contribution in [1.29, 1.82) is 0 Å². The van der Waals surface area contributed by atoms with Gasteiger partial charge in [0.05, 0.1) is 28.0 Å². The summed E-state index contributed by atoms with van der Waals surface area (Å²) in [6.45, 7) is 6.46. The average molecular weight is 499 g/mol. The number of hydrogen-bond donors (Lipinski definition) is 1. The molecule has 0 aliphatic rings. The number of rotatable bonds is 8. The van der Waals surface area contributed by atoms with Gasteiger partial charge in [-0.2, -0.15) is 0 Å². The number of aryl methyl sites for hydroxylation is 1. The number of carbonyl (C=O) groups excluding carboxylic acids is 2. The predicted molar refractivity (Wildman–Crippen MR) is 126 cm³/mol. The van der Waals surface area contributed by atoms with Crippen molar-refractivity contribution in [3.05, 3.63) is 44.8 Å². The minimum absolute atomic E-state index is 0.110. The van der Waals surface area contributed by atoms with Gasteiger partial charge >= 0.3 is 5.97 Å². The molecule has 1 N–H and O–H groups in total. The topological polar surface area (TPSA) is 86.1 Å². The van der Waals surface area contributed by atoms with Crippen LogP contribution < -0.4 is 5.32 Å². The molecular weight excluding hydrogens is 479 g/mol. The van der Waals surface area contributed by atoms with E-state index in [1.807, 2.05) is 24.5 Å². The maximum atomic E-state index is 12.5. The van der Waals surface area contributed by atoms with Gasteiger partial charge in [0.1, 0.15) is 5.00 Å². The van der Waals surface area contributed by atoms with Crippen LogP contribution in [0.1, 0.15) is 29.1 Å². The summed E-state index contributed by atoms with van der Waals surface area (Å²) in [7, 11) is 0. The summed E-state index contributed by atoms with van der Waals surface area (Å²) >= 11 is 14.7. The molecule has 0 spiro atoms. The SMILES string of the molecule is CCOC(=O)c1cc(C)sc1NC(=O)CSc1nnc(-c2ccc(Cl)c(Cl)c2)n1CC. The zero-order chi connectivity index (χ0) is 22.5. The van der Waals surface area contributed by atoms with E-state index in [1.54, 1.807) is 25.1 Å². The smallest absolute Gasteiger partial charge is 0.341 e. The zero-order valence-corrected chi connectivity index (χ0v) is 20.2. The van der Waals surface area contributed by atoms with Crippen molar-refractivity contribution in [2.24, 2.45) is 0 Å². The quantitative estimate of drug-likeness (QED) is 0.323. The zero-order valence-electron chi connectivity index (χ0n) is 17.1. The van der Waals surface area contributed by atoms with Crippen LogP contribution in [0.3, 0.4) is 0 Å². The van der Waals surface area contributed by atoms with Crippen molar-refractivity contribution in [3.8, 4) is 11.4 Å². The molecule has 0 saturated carbocycles. The van der Waals surface area contributed by atoms with Crippen molar-refractivity contribution in [2.75, 3.05) is 17.7 Å². The number of thiophene rings is 1. The summed E-state index contributed by atoms with van der Waals surface area (Å²) in [5.74, 6) is 0.0482. The molecular formula is C20H20Cl2N4O3S2. The van der Waals surface area contributed by atoms with Gasteiger partial charge in [-0.15, -0.1) is 21.5 Å². The number of thioether (sulfide) groups is 1. The number of ether oxygens (including phenoxy) is 1. The molecule has 2 aromatic heterocycles. The molecule has 0 saturated heterocycles. The molecule has 31 heavy (non-hydrogen) atoms. The molecule has 2 heterocycles. The molecule has 11 heteroatoms. The van der Waals surface area contributed by atoms with Gasteiger partial charge in [-0.1, -0.05) is 35.0 Å². The van der Waals surface area contributed by atoms with Gasteiger partial charge in [0.25, 0.3) is 0 Å². The van der Waals surface area contributed by atoms with Crippen LogP contribution in [-0.2, 0) is 16.1 Å². The Hall–Kier alpha value is -2.07. The third-order valence-corrected chi connectivity index (χ3v) is 6.82. The maximum absolute atomic E-state index is 12.5. The molecule has 0 atom stereocenters. The molecule has 1 aromatic carbocycles. The van der Waals surface area contributed by atoms with Crippen molar-refractivity contribution in [1.82, 2.24) is 14.8 Å². The predicted octanol–water partition coefficient (Wildman–Crippen LogP) is 5.55. The molecule has 3 aromatic rings. The highest BCUT2D eigenvalue weighted by Gasteiger charge is 2.19. The first kappa shape index (κ1) is 23.6. The summed E-state index contributed by atoms with van der Waals surface area (Å²) < 4.78 is 6.96. The lowest BCUT2D eigenvalue weighted by atomic mass is 10.2. The van der Waals surface area contributed by atoms with E-state index in [9.17, 15) is 9.59 Å². The number of carbonyl (C=O) groups is 2. The lowest BCUT2D eigenvalue weighted by Crippen LogP contribution is -2.16. The number of nitrogens with zero attached hydrogens (tertiary/aromatic N) is 3. The van der Waals surface area contributed by atoms with E-state index < -0.39 is 5.97 Å². The van der Waals surface area contributed by atoms with E-state index >= 15 is 0 Å². The minimum atomic E-state index is -0.452. The van der Waals surface area contributed by atoms with Gasteiger partial charge in [-0.3, -0.25) is 4.79 Å². The molecule has 7 nitrogen and oxygen atoms in total. The van der Waals surface area contributed by atoms with Gasteiger partial charge in [0.2, 0.25) is 5.91 Å². The number of hydrogen-bond acceptors (Lipinski definition) is 7. The molecule has 0 radical (unpaired) electrons. The second kappa shape index (κ2) is 10.5. The standard InChI is InChI=1S/C20H20Cl2N4O3S2/c1-4-26-17(12-6-7-14(21)15(22)9-12)24-25-20(26)30-10-16(27)23-18-13(8-11(3)31-18)19(28)29-5-2/h6-9H,4-5,10H2,1-3H3,(H,23,27). The highest BCUT2D eigenvalue weighted by molar-refractivity contribution is 7.99. The van der Waals surface area contributed by atoms with E-state index in [4.69, 9.17) is 27.9 Å². The van der Waals surface area contributed by atoms with Gasteiger partial charge in [-0.05, 0) is 45.0 Å². The number of aromatic nitrogens is 3. The van der Waals surface area contributed by atoms with Gasteiger partial charge in [-0.25, -0.2) is 4.79 Å². The van der Waals surface area contributed by atoms with Crippen LogP contribution in [0.25, 0.3) is 11.4 Å². The van der Waals surface area contributed by atoms with Crippen molar-refractivity contribution >= 4 is 63.2 Å². The van der Waals surface area contributed by atoms with E-state index in [0.717, 1.165) is 10.4 Å². The second-order valence-electron chi connectivity index (χ2n) is 6.34. The highest BCUT2D eigenvalue weighted by Crippen LogP contribution is 2.31. The number of esters is 1. The van der Waals surface area contributed by atoms with Crippen LogP contribution in [-0.4, -0.2) is 39.0 Å². The van der Waals surface area contributed by atoms with Crippen LogP contribution in [0.15, 0.2) is 29.4 Å². The van der Waals surface area contributed by atoms with Crippen LogP contribution in [0, 0.1) is 6.92 Å². The van der Waals surface area contributed by atoms with Crippen LogP contribution in [0.5, 0.6) is 0 Å². The molecule has 164 valence electrons. The third-order valence-electron chi connectivity index (χ3n) is 4.15. The largest absolute Gasteiger partial charge is 0.462 e. The number of halogens is 2. The van der Waals surface area contributed by atoms with Crippen LogP contribution in [0.4, 0.5) is 5.00 Å². The Bertz CT molecular complexity index is 1110. The Morgan fingerprint density at radius 1 is 1.19 bits per heavy atom. The monoisotopic (exact) mass is 498 g/mol. The van der Waals surface area contributed by atoms with Crippen molar-refractivity contribution in [2.45, 2.75) is 32.5 Å². The fourth-order valence-electron chi connectivity index (χ4n) is 2.79. The van der Waals surface area contributed by atoms with Crippen molar-refractivity contribution in [3.63, 3.8) is 0 Å². The minimum Gasteiger partial charge on any atom is -0.462 e. The lowest BCUT2D eigenvalue weighted by Gasteiger charge is -2.08. The van der Waals surface area contributed by atoms with Gasteiger partial charge in [0, 0.05) is 17.0 Å². The van der Waals surface area contributed by atoms with Gasteiger partial charge in [0.15, 0.2) is 11.0 Å². The summed E-state index contributed by atoms with van der Waals surface area (Å²) in [5, 5.41) is 13.2. The average Bonchev–Trinajstić information content (AvgIpc) is 3.31.